The molecule has 0 atom stereocenters. The Balaban J connectivity index is 2.48. The van der Waals surface area contributed by atoms with E-state index in [1.807, 2.05) is 0 Å². The van der Waals surface area contributed by atoms with Crippen molar-refractivity contribution in [2.45, 2.75) is 6.92 Å². The lowest BCUT2D eigenvalue weighted by Gasteiger charge is -2.09. The van der Waals surface area contributed by atoms with E-state index in [1.54, 1.807) is 25.3 Å². The molecule has 0 radical (unpaired) electrons. The van der Waals surface area contributed by atoms with Gasteiger partial charge in [-0.05, 0) is 25.1 Å². The zero-order valence-corrected chi connectivity index (χ0v) is 11.2. The molecule has 1 aromatic rings. The summed E-state index contributed by atoms with van der Waals surface area (Å²) in [5, 5.41) is 5.62. The Kier molecular flexibility index (Phi) is 5.81. The van der Waals surface area contributed by atoms with E-state index in [1.165, 1.54) is 6.92 Å². The average Bonchev–Trinajstić information content (AvgIpc) is 2.36. The van der Waals surface area contributed by atoms with Crippen molar-refractivity contribution in [3.63, 3.8) is 0 Å². The molecule has 1 amide bonds. The van der Waals surface area contributed by atoms with Crippen molar-refractivity contribution in [2.24, 2.45) is 0 Å². The zero-order chi connectivity index (χ0) is 14.3. The Bertz CT molecular complexity index is 460. The molecule has 6 nitrogen and oxygen atoms in total. The van der Waals surface area contributed by atoms with Gasteiger partial charge >= 0.3 is 0 Å². The first-order valence-electron chi connectivity index (χ1n) is 5.94. The van der Waals surface area contributed by atoms with Gasteiger partial charge in [-0.15, -0.1) is 0 Å². The van der Waals surface area contributed by atoms with Crippen LogP contribution in [0, 0.1) is 0 Å². The quantitative estimate of drug-likeness (QED) is 0.382. The summed E-state index contributed by atoms with van der Waals surface area (Å²) in [6, 6.07) is 5.00. The molecule has 0 heterocycles. The summed E-state index contributed by atoms with van der Waals surface area (Å²) in [6.45, 7) is 2.55. The van der Waals surface area contributed by atoms with Gasteiger partial charge in [0.05, 0.1) is 13.2 Å². The number of hydrogen-bond acceptors (Lipinski definition) is 5. The fraction of sp³-hybridized carbons (Fsp3) is 0.385. The lowest BCUT2D eigenvalue weighted by atomic mass is 10.1. The van der Waals surface area contributed by atoms with Gasteiger partial charge in [-0.2, -0.15) is 0 Å². The molecule has 0 fully saturated rings. The van der Waals surface area contributed by atoms with Crippen molar-refractivity contribution in [1.82, 2.24) is 5.32 Å². The van der Waals surface area contributed by atoms with Gasteiger partial charge in [0.2, 0.25) is 5.91 Å². The maximum Gasteiger partial charge on any atom is 0.239 e. The number of amides is 1. The van der Waals surface area contributed by atoms with Gasteiger partial charge in [-0.3, -0.25) is 9.59 Å². The lowest BCUT2D eigenvalue weighted by Crippen LogP contribution is -2.32. The SMILES string of the molecule is COCCNC(=O)CNc1ccc(C(C)=O)c(N)c1. The fourth-order valence-corrected chi connectivity index (χ4v) is 1.53. The number of Topliss-reactive ketones (excluding diaryl/α,β-unsaturated/α-hetero) is 1. The maximum absolute atomic E-state index is 11.4. The molecule has 0 saturated heterocycles. The number of benzene rings is 1. The number of hydrogen-bond donors (Lipinski definition) is 3. The number of nitrogen functional groups attached to an aromatic ring is 1. The molecule has 0 saturated carbocycles. The highest BCUT2D eigenvalue weighted by Crippen LogP contribution is 2.18. The molecule has 4 N–H and O–H groups in total. The van der Waals surface area contributed by atoms with E-state index in [-0.39, 0.29) is 18.2 Å². The van der Waals surface area contributed by atoms with Crippen molar-refractivity contribution in [1.29, 1.82) is 0 Å². The van der Waals surface area contributed by atoms with Crippen LogP contribution in [0.5, 0.6) is 0 Å². The van der Waals surface area contributed by atoms with Gasteiger partial charge < -0.3 is 21.1 Å². The van der Waals surface area contributed by atoms with E-state index in [2.05, 4.69) is 10.6 Å². The van der Waals surface area contributed by atoms with E-state index in [0.717, 1.165) is 0 Å². The number of anilines is 2. The predicted octanol–water partition coefficient (Wildman–Crippen LogP) is 0.646. The highest BCUT2D eigenvalue weighted by molar-refractivity contribution is 5.99. The van der Waals surface area contributed by atoms with Crippen molar-refractivity contribution in [2.75, 3.05) is 37.9 Å². The first kappa shape index (κ1) is 15.0. The van der Waals surface area contributed by atoms with E-state index >= 15 is 0 Å². The molecule has 0 spiro atoms. The Morgan fingerprint density at radius 1 is 1.37 bits per heavy atom. The average molecular weight is 265 g/mol. The smallest absolute Gasteiger partial charge is 0.239 e. The van der Waals surface area contributed by atoms with E-state index in [4.69, 9.17) is 10.5 Å². The third-order valence-corrected chi connectivity index (χ3v) is 2.51. The summed E-state index contributed by atoms with van der Waals surface area (Å²) in [5.74, 6) is -0.215. The van der Waals surface area contributed by atoms with Gasteiger partial charge in [0, 0.05) is 30.6 Å². The second-order valence-corrected chi connectivity index (χ2v) is 4.05. The van der Waals surface area contributed by atoms with Crippen LogP contribution >= 0.6 is 0 Å². The Hall–Kier alpha value is -2.08. The van der Waals surface area contributed by atoms with Gasteiger partial charge in [0.25, 0.3) is 0 Å². The highest BCUT2D eigenvalue weighted by Gasteiger charge is 2.06. The Morgan fingerprint density at radius 3 is 2.68 bits per heavy atom. The first-order valence-corrected chi connectivity index (χ1v) is 5.94. The summed E-state index contributed by atoms with van der Waals surface area (Å²) < 4.78 is 4.82. The Morgan fingerprint density at radius 2 is 2.11 bits per heavy atom. The number of carbonyl (C=O) groups is 2. The number of carbonyl (C=O) groups excluding carboxylic acids is 2. The molecule has 0 aliphatic carbocycles. The number of ketones is 1. The molecular weight excluding hydrogens is 246 g/mol. The molecule has 0 aromatic heterocycles. The van der Waals surface area contributed by atoms with Crippen LogP contribution in [0.3, 0.4) is 0 Å². The van der Waals surface area contributed by atoms with Crippen molar-refractivity contribution in [3.8, 4) is 0 Å². The largest absolute Gasteiger partial charge is 0.398 e. The highest BCUT2D eigenvalue weighted by atomic mass is 16.5. The van der Waals surface area contributed by atoms with Gasteiger partial charge in [-0.25, -0.2) is 0 Å². The van der Waals surface area contributed by atoms with Crippen molar-refractivity contribution in [3.05, 3.63) is 23.8 Å². The van der Waals surface area contributed by atoms with Crippen LogP contribution in [0.15, 0.2) is 18.2 Å². The summed E-state index contributed by atoms with van der Waals surface area (Å²) in [5.41, 5.74) is 7.33. The molecule has 104 valence electrons. The van der Waals surface area contributed by atoms with Crippen molar-refractivity contribution >= 4 is 23.1 Å². The summed E-state index contributed by atoms with van der Waals surface area (Å²) in [6.07, 6.45) is 0. The summed E-state index contributed by atoms with van der Waals surface area (Å²) in [4.78, 5) is 22.7. The topological polar surface area (TPSA) is 93.5 Å². The number of methoxy groups -OCH3 is 1. The minimum atomic E-state index is -0.133. The lowest BCUT2D eigenvalue weighted by molar-refractivity contribution is -0.119. The van der Waals surface area contributed by atoms with Crippen LogP contribution in [0.1, 0.15) is 17.3 Å². The predicted molar refractivity (Wildman–Crippen MR) is 74.2 cm³/mol. The maximum atomic E-state index is 11.4. The number of nitrogens with two attached hydrogens (primary N) is 1. The molecule has 0 unspecified atom stereocenters. The first-order chi connectivity index (χ1) is 9.04. The molecule has 1 rings (SSSR count). The number of nitrogens with one attached hydrogen (secondary N) is 2. The molecule has 0 bridgehead atoms. The summed E-state index contributed by atoms with van der Waals surface area (Å²) in [7, 11) is 1.57. The van der Waals surface area contributed by atoms with Gasteiger partial charge in [0.1, 0.15) is 0 Å². The molecule has 0 aliphatic heterocycles. The number of ether oxygens (including phenoxy) is 1. The van der Waals surface area contributed by atoms with Crippen LogP contribution in [0.2, 0.25) is 0 Å². The van der Waals surface area contributed by atoms with Crippen LogP contribution < -0.4 is 16.4 Å². The third-order valence-electron chi connectivity index (χ3n) is 2.51. The molecule has 6 heteroatoms. The van der Waals surface area contributed by atoms with Crippen LogP contribution in [-0.4, -0.2) is 38.5 Å². The summed E-state index contributed by atoms with van der Waals surface area (Å²) >= 11 is 0. The van der Waals surface area contributed by atoms with E-state index < -0.39 is 0 Å². The van der Waals surface area contributed by atoms with Crippen molar-refractivity contribution < 1.29 is 14.3 Å². The van der Waals surface area contributed by atoms with E-state index in [9.17, 15) is 9.59 Å². The normalized spacial score (nSPS) is 10.0. The molecule has 19 heavy (non-hydrogen) atoms. The molecular formula is C13H19N3O3. The third kappa shape index (κ3) is 4.97. The fourth-order valence-electron chi connectivity index (χ4n) is 1.53. The standard InChI is InChI=1S/C13H19N3O3/c1-9(17)11-4-3-10(7-12(11)14)16-8-13(18)15-5-6-19-2/h3-4,7,16H,5-6,8,14H2,1-2H3,(H,15,18). The van der Waals surface area contributed by atoms with Crippen LogP contribution in [0.25, 0.3) is 0 Å². The molecule has 1 aromatic carbocycles. The second kappa shape index (κ2) is 7.38. The molecule has 0 aliphatic rings. The van der Waals surface area contributed by atoms with Gasteiger partial charge in [-0.1, -0.05) is 0 Å². The Labute approximate surface area is 112 Å². The second-order valence-electron chi connectivity index (χ2n) is 4.05. The minimum Gasteiger partial charge on any atom is -0.398 e. The van der Waals surface area contributed by atoms with E-state index in [0.29, 0.717) is 30.1 Å². The van der Waals surface area contributed by atoms with Crippen LogP contribution in [-0.2, 0) is 9.53 Å². The minimum absolute atomic E-state index is 0.0821. The van der Waals surface area contributed by atoms with Crippen LogP contribution in [0.4, 0.5) is 11.4 Å². The zero-order valence-electron chi connectivity index (χ0n) is 11.2. The van der Waals surface area contributed by atoms with Gasteiger partial charge in [0.15, 0.2) is 5.78 Å². The number of rotatable bonds is 7. The monoisotopic (exact) mass is 265 g/mol.